The Kier molecular flexibility index (Phi) is 4.72. The number of aromatic nitrogens is 2. The smallest absolute Gasteiger partial charge is 0.223 e. The zero-order valence-corrected chi connectivity index (χ0v) is 10.9. The molecule has 0 bridgehead atoms. The predicted octanol–water partition coefficient (Wildman–Crippen LogP) is -1.15. The molecule has 0 radical (unpaired) electrons. The molecule has 0 unspecified atom stereocenters. The van der Waals surface area contributed by atoms with Crippen molar-refractivity contribution in [2.75, 3.05) is 55.4 Å². The SMILES string of the molecule is NNc1cc(N2CCCN(CCO)CC2)nc(N)n1. The summed E-state index contributed by atoms with van der Waals surface area (Å²) in [7, 11) is 0. The molecule has 6 N–H and O–H groups in total. The van der Waals surface area contributed by atoms with E-state index in [0.717, 1.165) is 45.0 Å². The van der Waals surface area contributed by atoms with Crippen molar-refractivity contribution in [3.63, 3.8) is 0 Å². The van der Waals surface area contributed by atoms with Crippen LogP contribution in [0.5, 0.6) is 0 Å². The molecule has 0 spiro atoms. The Balaban J connectivity index is 2.07. The average Bonchev–Trinajstić information content (AvgIpc) is 2.64. The first kappa shape index (κ1) is 13.8. The van der Waals surface area contributed by atoms with Crippen LogP contribution in [0, 0.1) is 0 Å². The Hall–Kier alpha value is -1.64. The van der Waals surface area contributed by atoms with Crippen LogP contribution >= 0.6 is 0 Å². The summed E-state index contributed by atoms with van der Waals surface area (Å²) in [6, 6.07) is 1.79. The molecule has 2 heterocycles. The Morgan fingerprint density at radius 3 is 2.84 bits per heavy atom. The lowest BCUT2D eigenvalue weighted by atomic mass is 10.3. The Labute approximate surface area is 112 Å². The van der Waals surface area contributed by atoms with Gasteiger partial charge in [-0.15, -0.1) is 0 Å². The number of nitrogens with zero attached hydrogens (tertiary/aromatic N) is 4. The number of hydrogen-bond acceptors (Lipinski definition) is 8. The molecule has 0 saturated carbocycles. The van der Waals surface area contributed by atoms with E-state index >= 15 is 0 Å². The van der Waals surface area contributed by atoms with Gasteiger partial charge in [-0.1, -0.05) is 0 Å². The summed E-state index contributed by atoms with van der Waals surface area (Å²) >= 11 is 0. The van der Waals surface area contributed by atoms with Gasteiger partial charge in [0.1, 0.15) is 11.6 Å². The van der Waals surface area contributed by atoms with Crippen molar-refractivity contribution in [3.05, 3.63) is 6.07 Å². The van der Waals surface area contributed by atoms with Gasteiger partial charge < -0.3 is 21.2 Å². The van der Waals surface area contributed by atoms with Crippen molar-refractivity contribution in [3.8, 4) is 0 Å². The summed E-state index contributed by atoms with van der Waals surface area (Å²) in [5.41, 5.74) is 8.16. The second-order valence-electron chi connectivity index (χ2n) is 4.52. The highest BCUT2D eigenvalue weighted by atomic mass is 16.3. The van der Waals surface area contributed by atoms with Gasteiger partial charge in [0.2, 0.25) is 5.95 Å². The summed E-state index contributed by atoms with van der Waals surface area (Å²) in [4.78, 5) is 12.6. The summed E-state index contributed by atoms with van der Waals surface area (Å²) in [5, 5.41) is 8.98. The van der Waals surface area contributed by atoms with E-state index in [1.54, 1.807) is 6.07 Å². The van der Waals surface area contributed by atoms with Crippen LogP contribution in [0.2, 0.25) is 0 Å². The monoisotopic (exact) mass is 267 g/mol. The van der Waals surface area contributed by atoms with Gasteiger partial charge in [-0.05, 0) is 13.0 Å². The van der Waals surface area contributed by atoms with E-state index < -0.39 is 0 Å². The molecule has 2 rings (SSSR count). The third-order valence-electron chi connectivity index (χ3n) is 3.21. The van der Waals surface area contributed by atoms with Gasteiger partial charge in [0.25, 0.3) is 0 Å². The Bertz CT molecular complexity index is 414. The van der Waals surface area contributed by atoms with Crippen LogP contribution in [0.3, 0.4) is 0 Å². The minimum absolute atomic E-state index is 0.196. The van der Waals surface area contributed by atoms with Crippen LogP contribution in [0.1, 0.15) is 6.42 Å². The molecule has 1 aliphatic rings. The van der Waals surface area contributed by atoms with E-state index in [9.17, 15) is 0 Å². The minimum atomic E-state index is 0.196. The number of aliphatic hydroxyl groups is 1. The van der Waals surface area contributed by atoms with Gasteiger partial charge >= 0.3 is 0 Å². The highest BCUT2D eigenvalue weighted by molar-refractivity contribution is 5.52. The van der Waals surface area contributed by atoms with E-state index in [1.165, 1.54) is 0 Å². The molecule has 8 heteroatoms. The maximum Gasteiger partial charge on any atom is 0.223 e. The number of aliphatic hydroxyl groups excluding tert-OH is 1. The number of nitrogen functional groups attached to an aromatic ring is 2. The standard InChI is InChI=1S/C11H21N7O/c12-11-14-9(16-13)8-10(15-11)18-3-1-2-17(4-5-18)6-7-19/h8,19H,1-7,13H2,(H3,12,14,15,16). The van der Waals surface area contributed by atoms with Crippen molar-refractivity contribution in [1.29, 1.82) is 0 Å². The predicted molar refractivity (Wildman–Crippen MR) is 74.6 cm³/mol. The third-order valence-corrected chi connectivity index (χ3v) is 3.21. The highest BCUT2D eigenvalue weighted by Gasteiger charge is 2.16. The molecule has 1 aromatic heterocycles. The van der Waals surface area contributed by atoms with Crippen molar-refractivity contribution in [2.45, 2.75) is 6.42 Å². The van der Waals surface area contributed by atoms with Crippen molar-refractivity contribution < 1.29 is 5.11 Å². The van der Waals surface area contributed by atoms with Crippen LogP contribution in [-0.2, 0) is 0 Å². The zero-order valence-electron chi connectivity index (χ0n) is 10.9. The summed E-state index contributed by atoms with van der Waals surface area (Å²) in [5.74, 6) is 6.87. The first-order valence-electron chi connectivity index (χ1n) is 6.42. The van der Waals surface area contributed by atoms with Crippen LogP contribution in [-0.4, -0.2) is 59.3 Å². The molecule has 1 fully saturated rings. The van der Waals surface area contributed by atoms with Crippen LogP contribution in [0.4, 0.5) is 17.6 Å². The molecular weight excluding hydrogens is 246 g/mol. The maximum absolute atomic E-state index is 8.98. The molecule has 0 aliphatic carbocycles. The first-order valence-corrected chi connectivity index (χ1v) is 6.42. The molecular formula is C11H21N7O. The quantitative estimate of drug-likeness (QED) is 0.399. The lowest BCUT2D eigenvalue weighted by Crippen LogP contribution is -2.33. The van der Waals surface area contributed by atoms with E-state index in [2.05, 4.69) is 25.2 Å². The molecule has 0 amide bonds. The Morgan fingerprint density at radius 1 is 1.26 bits per heavy atom. The van der Waals surface area contributed by atoms with Gasteiger partial charge in [-0.25, -0.2) is 5.84 Å². The number of hydrazine groups is 1. The maximum atomic E-state index is 8.98. The average molecular weight is 267 g/mol. The van der Waals surface area contributed by atoms with E-state index in [4.69, 9.17) is 16.7 Å². The fourth-order valence-corrected chi connectivity index (χ4v) is 2.25. The number of rotatable bonds is 4. The summed E-state index contributed by atoms with van der Waals surface area (Å²) in [6.45, 7) is 4.55. The fourth-order valence-electron chi connectivity index (χ4n) is 2.25. The molecule has 8 nitrogen and oxygen atoms in total. The molecule has 1 aromatic rings. The topological polar surface area (TPSA) is 117 Å². The number of nitrogens with one attached hydrogen (secondary N) is 1. The molecule has 1 aliphatic heterocycles. The van der Waals surface area contributed by atoms with Gasteiger partial charge in [0, 0.05) is 32.2 Å². The zero-order chi connectivity index (χ0) is 13.7. The third kappa shape index (κ3) is 3.66. The molecule has 19 heavy (non-hydrogen) atoms. The minimum Gasteiger partial charge on any atom is -0.395 e. The lowest BCUT2D eigenvalue weighted by molar-refractivity contribution is 0.204. The molecule has 0 aromatic carbocycles. The van der Waals surface area contributed by atoms with Gasteiger partial charge in [-0.2, -0.15) is 9.97 Å². The van der Waals surface area contributed by atoms with Crippen molar-refractivity contribution in [1.82, 2.24) is 14.9 Å². The highest BCUT2D eigenvalue weighted by Crippen LogP contribution is 2.18. The molecule has 0 atom stereocenters. The number of nitrogens with two attached hydrogens (primary N) is 2. The summed E-state index contributed by atoms with van der Waals surface area (Å²) in [6.07, 6.45) is 1.02. The van der Waals surface area contributed by atoms with Gasteiger partial charge in [-0.3, -0.25) is 4.90 Å². The second-order valence-corrected chi connectivity index (χ2v) is 4.52. The van der Waals surface area contributed by atoms with Crippen molar-refractivity contribution >= 4 is 17.6 Å². The van der Waals surface area contributed by atoms with Crippen LogP contribution in [0.25, 0.3) is 0 Å². The van der Waals surface area contributed by atoms with E-state index in [0.29, 0.717) is 5.82 Å². The Morgan fingerprint density at radius 2 is 2.11 bits per heavy atom. The fraction of sp³-hybridized carbons (Fsp3) is 0.636. The largest absolute Gasteiger partial charge is 0.395 e. The first-order chi connectivity index (χ1) is 9.22. The summed E-state index contributed by atoms with van der Waals surface area (Å²) < 4.78 is 0. The lowest BCUT2D eigenvalue weighted by Gasteiger charge is -2.22. The normalized spacial score (nSPS) is 17.3. The number of anilines is 3. The van der Waals surface area contributed by atoms with Crippen LogP contribution in [0.15, 0.2) is 6.07 Å². The number of β-amino-alcohol motifs (C(OH)–C–C–N with tert-alkyl or cyclic N) is 1. The number of hydrogen-bond donors (Lipinski definition) is 4. The molecule has 1 saturated heterocycles. The van der Waals surface area contributed by atoms with Crippen LogP contribution < -0.4 is 21.9 Å². The van der Waals surface area contributed by atoms with Crippen molar-refractivity contribution in [2.24, 2.45) is 5.84 Å². The van der Waals surface area contributed by atoms with E-state index in [1.807, 2.05) is 0 Å². The second kappa shape index (κ2) is 6.50. The molecule has 106 valence electrons. The van der Waals surface area contributed by atoms with Gasteiger partial charge in [0.05, 0.1) is 6.61 Å². The van der Waals surface area contributed by atoms with E-state index in [-0.39, 0.29) is 12.6 Å². The van der Waals surface area contributed by atoms with Gasteiger partial charge in [0.15, 0.2) is 0 Å².